The number of hydrogen-bond acceptors (Lipinski definition) is 6. The summed E-state index contributed by atoms with van der Waals surface area (Å²) < 4.78 is 12.1. The summed E-state index contributed by atoms with van der Waals surface area (Å²) in [6.45, 7) is 3.93. The van der Waals surface area contributed by atoms with Crippen molar-refractivity contribution in [3.63, 3.8) is 0 Å². The zero-order valence-electron chi connectivity index (χ0n) is 20.2. The van der Waals surface area contributed by atoms with Crippen LogP contribution in [0.3, 0.4) is 0 Å². The lowest BCUT2D eigenvalue weighted by Gasteiger charge is -2.27. The van der Waals surface area contributed by atoms with E-state index >= 15 is 0 Å². The van der Waals surface area contributed by atoms with E-state index in [1.54, 1.807) is 0 Å². The lowest BCUT2D eigenvalue weighted by atomic mass is 9.87. The van der Waals surface area contributed by atoms with Gasteiger partial charge >= 0.3 is 12.1 Å². The van der Waals surface area contributed by atoms with Gasteiger partial charge in [-0.3, -0.25) is 4.79 Å². The number of carbonyl (C=O) groups excluding carboxylic acids is 1. The third-order valence-corrected chi connectivity index (χ3v) is 7.59. The van der Waals surface area contributed by atoms with E-state index < -0.39 is 12.1 Å². The molecule has 2 N–H and O–H groups in total. The van der Waals surface area contributed by atoms with Gasteiger partial charge in [-0.15, -0.1) is 11.3 Å². The fourth-order valence-electron chi connectivity index (χ4n) is 4.37. The van der Waals surface area contributed by atoms with E-state index in [4.69, 9.17) is 26.1 Å². The van der Waals surface area contributed by atoms with Crippen LogP contribution in [0, 0.1) is 12.8 Å². The third-order valence-electron chi connectivity index (χ3n) is 6.28. The molecule has 0 spiro atoms. The minimum absolute atomic E-state index is 0.135. The Hall–Kier alpha value is -3.10. The van der Waals surface area contributed by atoms with Gasteiger partial charge in [0.25, 0.3) is 0 Å². The number of aromatic nitrogens is 1. The molecule has 1 amide bonds. The molecule has 4 rings (SSSR count). The van der Waals surface area contributed by atoms with Gasteiger partial charge in [0.2, 0.25) is 0 Å². The number of halogens is 1. The first-order valence-electron chi connectivity index (χ1n) is 11.9. The van der Waals surface area contributed by atoms with Gasteiger partial charge in [0.15, 0.2) is 0 Å². The Morgan fingerprint density at radius 3 is 2.72 bits per heavy atom. The van der Waals surface area contributed by atoms with Crippen LogP contribution in [0.25, 0.3) is 10.6 Å². The van der Waals surface area contributed by atoms with Gasteiger partial charge in [-0.05, 0) is 68.9 Å². The van der Waals surface area contributed by atoms with Crippen LogP contribution >= 0.6 is 22.9 Å². The molecule has 9 heteroatoms. The summed E-state index contributed by atoms with van der Waals surface area (Å²) in [5.41, 5.74) is 3.19. The molecule has 3 aromatic rings. The van der Waals surface area contributed by atoms with Gasteiger partial charge in [0.1, 0.15) is 12.4 Å². The predicted octanol–water partition coefficient (Wildman–Crippen LogP) is 6.78. The molecule has 7 nitrogen and oxygen atoms in total. The normalized spacial score (nSPS) is 18.3. The van der Waals surface area contributed by atoms with Crippen LogP contribution in [0.1, 0.15) is 55.5 Å². The molecule has 0 radical (unpaired) electrons. The quantitative estimate of drug-likeness (QED) is 0.334. The fraction of sp³-hybridized carbons (Fsp3) is 0.370. The fourth-order valence-corrected chi connectivity index (χ4v) is 5.67. The summed E-state index contributed by atoms with van der Waals surface area (Å²) in [7, 11) is 0. The second-order valence-electron chi connectivity index (χ2n) is 8.98. The van der Waals surface area contributed by atoms with Crippen molar-refractivity contribution in [1.29, 1.82) is 0 Å². The number of aryl methyl sites for hydroxylation is 1. The van der Waals surface area contributed by atoms with Gasteiger partial charge in [0, 0.05) is 0 Å². The minimum atomic E-state index is -0.762. The number of carboxylic acid groups (broad SMARTS) is 1. The number of ether oxygens (including phenoxy) is 2. The number of thiophene rings is 1. The number of aliphatic carboxylic acids is 1. The SMILES string of the molecule is Cc1nc(-c2sc(Cl)cc2C(C)NC(=O)OCc2ccccc2)ccc1O[C@H]1CCC[C@H](C(=O)O)C1. The molecule has 3 atom stereocenters. The highest BCUT2D eigenvalue weighted by molar-refractivity contribution is 7.19. The lowest BCUT2D eigenvalue weighted by Crippen LogP contribution is -2.29. The molecule has 0 bridgehead atoms. The molecule has 2 heterocycles. The summed E-state index contributed by atoms with van der Waals surface area (Å²) >= 11 is 7.74. The largest absolute Gasteiger partial charge is 0.489 e. The lowest BCUT2D eigenvalue weighted by molar-refractivity contribution is -0.143. The standard InChI is InChI=1S/C27H29ClN2O5S/c1-16(30-27(33)34-15-18-7-4-3-5-8-18)21-14-24(28)36-25(21)22-11-12-23(17(2)29-22)35-20-10-6-9-19(13-20)26(31)32/h3-5,7-8,11-12,14,16,19-20H,6,9-10,13,15H2,1-2H3,(H,30,33)(H,31,32)/t16?,19-,20-/m0/s1. The van der Waals surface area contributed by atoms with Crippen molar-refractivity contribution in [2.45, 2.75) is 58.3 Å². The van der Waals surface area contributed by atoms with Crippen molar-refractivity contribution >= 4 is 35.0 Å². The molecule has 0 aliphatic heterocycles. The van der Waals surface area contributed by atoms with Crippen molar-refractivity contribution < 1.29 is 24.2 Å². The van der Waals surface area contributed by atoms with Crippen molar-refractivity contribution in [3.05, 3.63) is 69.7 Å². The maximum atomic E-state index is 12.4. The first-order valence-corrected chi connectivity index (χ1v) is 13.1. The number of pyridine rings is 1. The van der Waals surface area contributed by atoms with Crippen LogP contribution < -0.4 is 10.1 Å². The molecule has 1 fully saturated rings. The first kappa shape index (κ1) is 26.0. The molecule has 1 saturated carbocycles. The molecular weight excluding hydrogens is 500 g/mol. The average Bonchev–Trinajstić information content (AvgIpc) is 3.26. The predicted molar refractivity (Wildman–Crippen MR) is 139 cm³/mol. The summed E-state index contributed by atoms with van der Waals surface area (Å²) in [5.74, 6) is -0.475. The van der Waals surface area contributed by atoms with Crippen molar-refractivity contribution in [1.82, 2.24) is 10.3 Å². The minimum Gasteiger partial charge on any atom is -0.489 e. The summed E-state index contributed by atoms with van der Waals surface area (Å²) in [5, 5.41) is 12.2. The molecule has 1 aliphatic carbocycles. The Bertz CT molecular complexity index is 1220. The summed E-state index contributed by atoms with van der Waals surface area (Å²) in [6, 6.07) is 14.7. The van der Waals surface area contributed by atoms with Gasteiger partial charge in [-0.1, -0.05) is 41.9 Å². The Morgan fingerprint density at radius 2 is 2.00 bits per heavy atom. The number of carbonyl (C=O) groups is 2. The number of nitrogens with zero attached hydrogens (tertiary/aromatic N) is 1. The van der Waals surface area contributed by atoms with Crippen LogP contribution in [0.2, 0.25) is 4.34 Å². The summed E-state index contributed by atoms with van der Waals surface area (Å²) in [4.78, 5) is 29.3. The van der Waals surface area contributed by atoms with Crippen LogP contribution in [0.5, 0.6) is 5.75 Å². The number of benzene rings is 1. The maximum Gasteiger partial charge on any atom is 0.407 e. The molecule has 36 heavy (non-hydrogen) atoms. The smallest absolute Gasteiger partial charge is 0.407 e. The van der Waals surface area contributed by atoms with E-state index in [1.807, 2.05) is 62.4 Å². The Morgan fingerprint density at radius 1 is 1.22 bits per heavy atom. The Balaban J connectivity index is 1.43. The highest BCUT2D eigenvalue weighted by Gasteiger charge is 2.28. The van der Waals surface area contributed by atoms with Crippen molar-refractivity contribution in [2.75, 3.05) is 0 Å². The van der Waals surface area contributed by atoms with Crippen LogP contribution in [0.15, 0.2) is 48.5 Å². The van der Waals surface area contributed by atoms with Crippen LogP contribution in [-0.4, -0.2) is 28.3 Å². The second-order valence-corrected chi connectivity index (χ2v) is 10.7. The van der Waals surface area contributed by atoms with Gasteiger partial charge in [0.05, 0.1) is 38.7 Å². The zero-order chi connectivity index (χ0) is 25.7. The van der Waals surface area contributed by atoms with E-state index in [1.165, 1.54) is 11.3 Å². The number of hydrogen-bond donors (Lipinski definition) is 2. The molecular formula is C27H29ClN2O5S. The van der Waals surface area contributed by atoms with E-state index in [0.717, 1.165) is 34.5 Å². The van der Waals surface area contributed by atoms with Gasteiger partial charge < -0.3 is 19.9 Å². The molecule has 1 aromatic carbocycles. The zero-order valence-corrected chi connectivity index (χ0v) is 21.8. The van der Waals surface area contributed by atoms with E-state index in [2.05, 4.69) is 5.32 Å². The molecule has 190 valence electrons. The average molecular weight is 529 g/mol. The van der Waals surface area contributed by atoms with E-state index in [0.29, 0.717) is 28.6 Å². The third kappa shape index (κ3) is 6.56. The highest BCUT2D eigenvalue weighted by atomic mass is 35.5. The van der Waals surface area contributed by atoms with E-state index in [-0.39, 0.29) is 24.7 Å². The monoisotopic (exact) mass is 528 g/mol. The van der Waals surface area contributed by atoms with Crippen molar-refractivity contribution in [3.8, 4) is 16.3 Å². The Labute approximate surface area is 219 Å². The van der Waals surface area contributed by atoms with Crippen LogP contribution in [0.4, 0.5) is 4.79 Å². The number of nitrogens with one attached hydrogen (secondary N) is 1. The molecule has 0 saturated heterocycles. The van der Waals surface area contributed by atoms with Crippen molar-refractivity contribution in [2.24, 2.45) is 5.92 Å². The molecule has 2 aromatic heterocycles. The second kappa shape index (κ2) is 11.8. The number of rotatable bonds is 8. The van der Waals surface area contributed by atoms with Gasteiger partial charge in [-0.25, -0.2) is 9.78 Å². The molecule has 1 unspecified atom stereocenters. The maximum absolute atomic E-state index is 12.4. The van der Waals surface area contributed by atoms with Crippen LogP contribution in [-0.2, 0) is 16.1 Å². The molecule has 1 aliphatic rings. The summed E-state index contributed by atoms with van der Waals surface area (Å²) in [6.07, 6.45) is 2.22. The number of alkyl carbamates (subject to hydrolysis) is 1. The topological polar surface area (TPSA) is 97.8 Å². The highest BCUT2D eigenvalue weighted by Crippen LogP contribution is 2.39. The number of carboxylic acids is 1. The van der Waals surface area contributed by atoms with E-state index in [9.17, 15) is 14.7 Å². The first-order chi connectivity index (χ1) is 17.3. The number of amides is 1. The Kier molecular flexibility index (Phi) is 8.48. The van der Waals surface area contributed by atoms with Gasteiger partial charge in [-0.2, -0.15) is 0 Å².